The molecule has 1 heterocycles. The number of thioether (sulfide) groups is 1. The summed E-state index contributed by atoms with van der Waals surface area (Å²) in [7, 11) is 0. The average molecular weight is 367 g/mol. The Hall–Kier alpha value is -2.06. The van der Waals surface area contributed by atoms with Crippen molar-refractivity contribution in [1.29, 1.82) is 0 Å². The highest BCUT2D eigenvalue weighted by Gasteiger charge is 2.33. The summed E-state index contributed by atoms with van der Waals surface area (Å²) in [5.41, 5.74) is 0.705. The Morgan fingerprint density at radius 2 is 2.04 bits per heavy atom. The van der Waals surface area contributed by atoms with Gasteiger partial charge in [-0.05, 0) is 32.1 Å². The number of nitrogens with zero attached hydrogens (tertiary/aromatic N) is 1. The molecular weight excluding hydrogens is 350 g/mol. The van der Waals surface area contributed by atoms with Gasteiger partial charge in [0.05, 0.1) is 18.1 Å². The molecule has 0 spiro atoms. The molecule has 1 aliphatic heterocycles. The molecule has 128 valence electrons. The van der Waals surface area contributed by atoms with Crippen molar-refractivity contribution in [3.05, 3.63) is 28.7 Å². The zero-order chi connectivity index (χ0) is 17.7. The maximum Gasteiger partial charge on any atom is 0.323 e. The fourth-order valence-corrected chi connectivity index (χ4v) is 3.33. The molecule has 1 aromatic rings. The topological polar surface area (TPSA) is 76.1 Å². The van der Waals surface area contributed by atoms with Gasteiger partial charge in [-0.15, -0.1) is 0 Å². The molecule has 2 rings (SSSR count). The quantitative estimate of drug-likeness (QED) is 0.586. The minimum atomic E-state index is -1.11. The highest BCUT2D eigenvalue weighted by Crippen LogP contribution is 2.35. The van der Waals surface area contributed by atoms with Crippen LogP contribution in [0.3, 0.4) is 0 Å². The third-order valence-electron chi connectivity index (χ3n) is 3.05. The fraction of sp³-hybridized carbons (Fsp3) is 0.312. The van der Waals surface area contributed by atoms with E-state index in [0.29, 0.717) is 35.2 Å². The van der Waals surface area contributed by atoms with Gasteiger partial charge in [-0.2, -0.15) is 0 Å². The van der Waals surface area contributed by atoms with Crippen LogP contribution in [-0.4, -0.2) is 46.0 Å². The van der Waals surface area contributed by atoms with Crippen LogP contribution in [0, 0.1) is 0 Å². The van der Waals surface area contributed by atoms with Gasteiger partial charge in [0.15, 0.2) is 0 Å². The largest absolute Gasteiger partial charge is 0.494 e. The summed E-state index contributed by atoms with van der Waals surface area (Å²) < 4.78 is 11.3. The van der Waals surface area contributed by atoms with Crippen LogP contribution in [0.15, 0.2) is 23.1 Å². The van der Waals surface area contributed by atoms with E-state index in [9.17, 15) is 9.59 Å². The first-order valence-electron chi connectivity index (χ1n) is 7.33. The lowest BCUT2D eigenvalue weighted by atomic mass is 10.1. The SMILES string of the molecule is CCOc1ccc(/C=C2/SC(=S)N(CC(=O)O)C2=O)c(OCC)c1. The summed E-state index contributed by atoms with van der Waals surface area (Å²) in [5, 5.41) is 8.86. The summed E-state index contributed by atoms with van der Waals surface area (Å²) >= 11 is 6.16. The lowest BCUT2D eigenvalue weighted by molar-refractivity contribution is -0.140. The number of carbonyl (C=O) groups is 2. The fourth-order valence-electron chi connectivity index (χ4n) is 2.08. The van der Waals surface area contributed by atoms with Crippen LogP contribution in [0.5, 0.6) is 11.5 Å². The van der Waals surface area contributed by atoms with Gasteiger partial charge < -0.3 is 14.6 Å². The van der Waals surface area contributed by atoms with Crippen molar-refractivity contribution in [2.24, 2.45) is 0 Å². The summed E-state index contributed by atoms with van der Waals surface area (Å²) in [6.45, 7) is 4.32. The second-order valence-corrected chi connectivity index (χ2v) is 6.40. The van der Waals surface area contributed by atoms with E-state index in [-0.39, 0.29) is 4.32 Å². The number of ether oxygens (including phenoxy) is 2. The number of carbonyl (C=O) groups excluding carboxylic acids is 1. The molecule has 1 saturated heterocycles. The van der Waals surface area contributed by atoms with Crippen LogP contribution in [0.1, 0.15) is 19.4 Å². The van der Waals surface area contributed by atoms with E-state index in [1.54, 1.807) is 24.3 Å². The van der Waals surface area contributed by atoms with Gasteiger partial charge in [-0.25, -0.2) is 0 Å². The molecule has 0 aromatic heterocycles. The molecule has 0 unspecified atom stereocenters. The number of hydrogen-bond acceptors (Lipinski definition) is 6. The molecule has 0 saturated carbocycles. The van der Waals surface area contributed by atoms with E-state index >= 15 is 0 Å². The van der Waals surface area contributed by atoms with E-state index < -0.39 is 18.4 Å². The number of rotatable bonds is 7. The highest BCUT2D eigenvalue weighted by molar-refractivity contribution is 8.26. The Kier molecular flexibility index (Phi) is 6.22. The molecule has 1 aromatic carbocycles. The lowest BCUT2D eigenvalue weighted by Crippen LogP contribution is -2.33. The van der Waals surface area contributed by atoms with Crippen molar-refractivity contribution < 1.29 is 24.2 Å². The highest BCUT2D eigenvalue weighted by atomic mass is 32.2. The molecule has 1 amide bonds. The summed E-state index contributed by atoms with van der Waals surface area (Å²) in [5.74, 6) is -0.254. The van der Waals surface area contributed by atoms with E-state index in [0.717, 1.165) is 16.7 Å². The van der Waals surface area contributed by atoms with Crippen LogP contribution in [0.4, 0.5) is 0 Å². The normalized spacial score (nSPS) is 15.9. The van der Waals surface area contributed by atoms with Crippen LogP contribution >= 0.6 is 24.0 Å². The van der Waals surface area contributed by atoms with E-state index in [4.69, 9.17) is 26.8 Å². The van der Waals surface area contributed by atoms with Crippen molar-refractivity contribution in [2.45, 2.75) is 13.8 Å². The molecule has 1 aliphatic rings. The molecule has 0 atom stereocenters. The minimum Gasteiger partial charge on any atom is -0.494 e. The Labute approximate surface area is 149 Å². The summed E-state index contributed by atoms with van der Waals surface area (Å²) in [6.07, 6.45) is 1.65. The number of aliphatic carboxylic acids is 1. The number of amides is 1. The second-order valence-electron chi connectivity index (χ2n) is 4.73. The van der Waals surface area contributed by atoms with Gasteiger partial charge in [0.1, 0.15) is 22.4 Å². The first-order valence-corrected chi connectivity index (χ1v) is 8.55. The molecule has 0 radical (unpaired) electrons. The Morgan fingerprint density at radius 1 is 1.33 bits per heavy atom. The summed E-state index contributed by atoms with van der Waals surface area (Å²) in [4.78, 5) is 24.6. The summed E-state index contributed by atoms with van der Waals surface area (Å²) in [6, 6.07) is 5.34. The van der Waals surface area contributed by atoms with Gasteiger partial charge >= 0.3 is 5.97 Å². The smallest absolute Gasteiger partial charge is 0.323 e. The third kappa shape index (κ3) is 4.27. The standard InChI is InChI=1S/C16H17NO5S2/c1-3-21-11-6-5-10(12(8-11)22-4-2)7-13-15(20)17(9-14(18)19)16(23)24-13/h5-8H,3-4,9H2,1-2H3,(H,18,19)/b13-7+. The predicted octanol–water partition coefficient (Wildman–Crippen LogP) is 2.77. The van der Waals surface area contributed by atoms with Crippen molar-refractivity contribution in [1.82, 2.24) is 4.90 Å². The molecule has 1 N–H and O–H groups in total. The van der Waals surface area contributed by atoms with Crippen LogP contribution < -0.4 is 9.47 Å². The van der Waals surface area contributed by atoms with E-state index in [1.807, 2.05) is 13.8 Å². The predicted molar refractivity (Wildman–Crippen MR) is 96.3 cm³/mol. The zero-order valence-electron chi connectivity index (χ0n) is 13.3. The Bertz CT molecular complexity index is 702. The van der Waals surface area contributed by atoms with Gasteiger partial charge in [0, 0.05) is 11.6 Å². The van der Waals surface area contributed by atoms with E-state index in [2.05, 4.69) is 0 Å². The lowest BCUT2D eigenvalue weighted by Gasteiger charge is -2.11. The maximum absolute atomic E-state index is 12.3. The van der Waals surface area contributed by atoms with Gasteiger partial charge in [0.2, 0.25) is 0 Å². The number of carboxylic acid groups (broad SMARTS) is 1. The van der Waals surface area contributed by atoms with Crippen molar-refractivity contribution in [2.75, 3.05) is 19.8 Å². The molecule has 0 bridgehead atoms. The second kappa shape index (κ2) is 8.16. The first kappa shape index (κ1) is 18.3. The minimum absolute atomic E-state index is 0.234. The zero-order valence-corrected chi connectivity index (χ0v) is 14.9. The Morgan fingerprint density at radius 3 is 2.67 bits per heavy atom. The van der Waals surface area contributed by atoms with Crippen LogP contribution in [0.25, 0.3) is 6.08 Å². The Balaban J connectivity index is 2.31. The molecule has 6 nitrogen and oxygen atoms in total. The average Bonchev–Trinajstić information content (AvgIpc) is 2.77. The van der Waals surface area contributed by atoms with Crippen molar-refractivity contribution in [3.8, 4) is 11.5 Å². The molecule has 1 fully saturated rings. The number of hydrogen-bond donors (Lipinski definition) is 1. The van der Waals surface area contributed by atoms with Crippen molar-refractivity contribution in [3.63, 3.8) is 0 Å². The van der Waals surface area contributed by atoms with Gasteiger partial charge in [-0.1, -0.05) is 24.0 Å². The van der Waals surface area contributed by atoms with E-state index in [1.165, 1.54) is 0 Å². The van der Waals surface area contributed by atoms with Crippen LogP contribution in [0.2, 0.25) is 0 Å². The molecule has 24 heavy (non-hydrogen) atoms. The third-order valence-corrected chi connectivity index (χ3v) is 4.43. The number of benzene rings is 1. The van der Waals surface area contributed by atoms with Gasteiger partial charge in [0.25, 0.3) is 5.91 Å². The van der Waals surface area contributed by atoms with Crippen LogP contribution in [-0.2, 0) is 9.59 Å². The maximum atomic E-state index is 12.3. The molecular formula is C16H17NO5S2. The molecule has 0 aliphatic carbocycles. The first-order chi connectivity index (χ1) is 11.5. The van der Waals surface area contributed by atoms with Gasteiger partial charge in [-0.3, -0.25) is 14.5 Å². The number of carboxylic acids is 1. The van der Waals surface area contributed by atoms with Crippen molar-refractivity contribution >= 4 is 46.3 Å². The number of thiocarbonyl (C=S) groups is 1. The monoisotopic (exact) mass is 367 g/mol. The molecule has 8 heteroatoms.